The molecule has 1 heterocycles. The summed E-state index contributed by atoms with van der Waals surface area (Å²) in [7, 11) is 0. The minimum atomic E-state index is -0.403. The van der Waals surface area contributed by atoms with Crippen LogP contribution in [0.2, 0.25) is 0 Å². The summed E-state index contributed by atoms with van der Waals surface area (Å²) in [5, 5.41) is 0.938. The smallest absolute Gasteiger partial charge is 0.333 e. The molecule has 0 bridgehead atoms. The molecule has 1 saturated heterocycles. The van der Waals surface area contributed by atoms with Crippen LogP contribution in [0.25, 0.3) is 0 Å². The lowest BCUT2D eigenvalue weighted by Gasteiger charge is -2.13. The summed E-state index contributed by atoms with van der Waals surface area (Å²) in [5.74, 6) is -0.630. The molecule has 1 amide bonds. The molecule has 0 unspecified atom stereocenters. The number of hydrogen-bond acceptors (Lipinski definition) is 4. The van der Waals surface area contributed by atoms with E-state index in [0.29, 0.717) is 30.7 Å². The summed E-state index contributed by atoms with van der Waals surface area (Å²) in [6, 6.07) is 0. The third kappa shape index (κ3) is 2.48. The summed E-state index contributed by atoms with van der Waals surface area (Å²) in [5.41, 5.74) is 0. The molecule has 4 nitrogen and oxygen atoms in total. The highest BCUT2D eigenvalue weighted by atomic mass is 32.1. The monoisotopic (exact) mass is 201 g/mol. The fraction of sp³-hybridized carbons (Fsp3) is 0.625. The van der Waals surface area contributed by atoms with E-state index < -0.39 is 5.97 Å². The van der Waals surface area contributed by atoms with E-state index in [2.05, 4.69) is 0 Å². The molecule has 1 aliphatic heterocycles. The summed E-state index contributed by atoms with van der Waals surface area (Å²) in [6.45, 7) is 1.87. The first-order valence-electron chi connectivity index (χ1n) is 4.21. The van der Waals surface area contributed by atoms with Crippen molar-refractivity contribution in [1.29, 1.82) is 0 Å². The predicted molar refractivity (Wildman–Crippen MR) is 49.7 cm³/mol. The molecule has 0 spiro atoms. The van der Waals surface area contributed by atoms with Crippen molar-refractivity contribution >= 4 is 29.1 Å². The van der Waals surface area contributed by atoms with Gasteiger partial charge in [0.05, 0.1) is 0 Å². The zero-order valence-corrected chi connectivity index (χ0v) is 8.23. The standard InChI is InChI=1S/C8H11NO3S/c1-2-3-8(11)12-9-6(10)4-5-7(9)13/h2-5H2,1H3. The van der Waals surface area contributed by atoms with Gasteiger partial charge in [-0.3, -0.25) is 4.79 Å². The molecule has 72 valence electrons. The van der Waals surface area contributed by atoms with Crippen LogP contribution in [0.15, 0.2) is 0 Å². The largest absolute Gasteiger partial charge is 0.333 e. The number of thiocarbonyl (C=S) groups is 1. The Kier molecular flexibility index (Phi) is 3.36. The van der Waals surface area contributed by atoms with Gasteiger partial charge in [-0.15, -0.1) is 5.06 Å². The maximum Gasteiger partial charge on any atom is 0.333 e. The Morgan fingerprint density at radius 1 is 1.62 bits per heavy atom. The van der Waals surface area contributed by atoms with Gasteiger partial charge in [0, 0.05) is 19.3 Å². The van der Waals surface area contributed by atoms with Crippen molar-refractivity contribution in [2.75, 3.05) is 0 Å². The van der Waals surface area contributed by atoms with E-state index >= 15 is 0 Å². The van der Waals surface area contributed by atoms with Crippen LogP contribution in [0.1, 0.15) is 32.6 Å². The van der Waals surface area contributed by atoms with Crippen molar-refractivity contribution < 1.29 is 14.4 Å². The molecule has 0 aliphatic carbocycles. The molecule has 0 saturated carbocycles. The van der Waals surface area contributed by atoms with Gasteiger partial charge >= 0.3 is 5.97 Å². The van der Waals surface area contributed by atoms with Crippen LogP contribution in [0.3, 0.4) is 0 Å². The lowest BCUT2D eigenvalue weighted by atomic mass is 10.3. The van der Waals surface area contributed by atoms with Crippen molar-refractivity contribution in [3.05, 3.63) is 0 Å². The molecule has 0 atom stereocenters. The second kappa shape index (κ2) is 4.32. The van der Waals surface area contributed by atoms with Crippen LogP contribution in [-0.2, 0) is 14.4 Å². The molecule has 1 fully saturated rings. The molecule has 13 heavy (non-hydrogen) atoms. The molecule has 0 aromatic rings. The zero-order chi connectivity index (χ0) is 9.84. The average Bonchev–Trinajstić information content (AvgIpc) is 2.36. The van der Waals surface area contributed by atoms with Gasteiger partial charge in [-0.25, -0.2) is 4.79 Å². The quantitative estimate of drug-likeness (QED) is 0.643. The van der Waals surface area contributed by atoms with Gasteiger partial charge in [0.25, 0.3) is 5.91 Å². The molecule has 5 heteroatoms. The third-order valence-corrected chi connectivity index (χ3v) is 2.02. The summed E-state index contributed by atoms with van der Waals surface area (Å²) < 4.78 is 0. The SMILES string of the molecule is CCCC(=O)ON1C(=O)CCC1=S. The van der Waals surface area contributed by atoms with E-state index in [1.165, 1.54) is 0 Å². The van der Waals surface area contributed by atoms with Crippen molar-refractivity contribution in [2.24, 2.45) is 0 Å². The fourth-order valence-electron chi connectivity index (χ4n) is 1.01. The van der Waals surface area contributed by atoms with Crippen LogP contribution in [0.4, 0.5) is 0 Å². The number of rotatable bonds is 3. The minimum Gasteiger partial charge on any atom is -0.333 e. The first-order chi connectivity index (χ1) is 6.15. The van der Waals surface area contributed by atoms with Crippen LogP contribution in [0, 0.1) is 0 Å². The summed E-state index contributed by atoms with van der Waals surface area (Å²) in [4.78, 5) is 27.3. The molecule has 1 rings (SSSR count). The van der Waals surface area contributed by atoms with Crippen LogP contribution >= 0.6 is 12.2 Å². The number of carbonyl (C=O) groups is 2. The summed E-state index contributed by atoms with van der Waals surface area (Å²) in [6.07, 6.45) is 1.87. The number of hydrogen-bond donors (Lipinski definition) is 0. The Morgan fingerprint density at radius 3 is 2.77 bits per heavy atom. The first-order valence-corrected chi connectivity index (χ1v) is 4.62. The number of carbonyl (C=O) groups excluding carboxylic acids is 2. The van der Waals surface area contributed by atoms with Gasteiger partial charge in [-0.1, -0.05) is 19.1 Å². The van der Waals surface area contributed by atoms with E-state index in [1.807, 2.05) is 6.92 Å². The Morgan fingerprint density at radius 2 is 2.31 bits per heavy atom. The van der Waals surface area contributed by atoms with Gasteiger partial charge in [-0.2, -0.15) is 0 Å². The van der Waals surface area contributed by atoms with E-state index in [4.69, 9.17) is 17.1 Å². The second-order valence-corrected chi connectivity index (χ2v) is 3.27. The molecular weight excluding hydrogens is 190 g/mol. The number of nitrogens with zero attached hydrogens (tertiary/aromatic N) is 1. The van der Waals surface area contributed by atoms with E-state index in [1.54, 1.807) is 0 Å². The fourth-order valence-corrected chi connectivity index (χ4v) is 1.25. The van der Waals surface area contributed by atoms with Crippen molar-refractivity contribution in [3.63, 3.8) is 0 Å². The lowest BCUT2D eigenvalue weighted by molar-refractivity contribution is -0.179. The Bertz CT molecular complexity index is 236. The van der Waals surface area contributed by atoms with Crippen LogP contribution < -0.4 is 0 Å². The molecule has 0 N–H and O–H groups in total. The molecule has 1 aliphatic rings. The average molecular weight is 201 g/mol. The maximum absolute atomic E-state index is 11.1. The normalized spacial score (nSPS) is 16.5. The topological polar surface area (TPSA) is 46.6 Å². The highest BCUT2D eigenvalue weighted by molar-refractivity contribution is 7.80. The van der Waals surface area contributed by atoms with Gasteiger partial charge in [0.1, 0.15) is 4.99 Å². The highest BCUT2D eigenvalue weighted by Crippen LogP contribution is 2.14. The zero-order valence-electron chi connectivity index (χ0n) is 7.41. The van der Waals surface area contributed by atoms with E-state index in [9.17, 15) is 9.59 Å². The number of amides is 1. The third-order valence-electron chi connectivity index (χ3n) is 1.65. The van der Waals surface area contributed by atoms with Crippen molar-refractivity contribution in [1.82, 2.24) is 5.06 Å². The van der Waals surface area contributed by atoms with Crippen molar-refractivity contribution in [2.45, 2.75) is 32.6 Å². The van der Waals surface area contributed by atoms with Gasteiger partial charge in [-0.05, 0) is 6.42 Å². The van der Waals surface area contributed by atoms with Crippen LogP contribution in [-0.4, -0.2) is 21.9 Å². The first kappa shape index (κ1) is 10.1. The molecule has 0 aromatic carbocycles. The summed E-state index contributed by atoms with van der Waals surface area (Å²) >= 11 is 4.85. The van der Waals surface area contributed by atoms with Crippen LogP contribution in [0.5, 0.6) is 0 Å². The van der Waals surface area contributed by atoms with E-state index in [0.717, 1.165) is 5.06 Å². The number of hydroxylamine groups is 2. The van der Waals surface area contributed by atoms with Gasteiger partial charge in [0.2, 0.25) is 0 Å². The molecule has 0 radical (unpaired) electrons. The maximum atomic E-state index is 11.1. The Hall–Kier alpha value is -0.970. The minimum absolute atomic E-state index is 0.227. The Balaban J connectivity index is 2.48. The van der Waals surface area contributed by atoms with Gasteiger partial charge in [0.15, 0.2) is 0 Å². The van der Waals surface area contributed by atoms with Crippen molar-refractivity contribution in [3.8, 4) is 0 Å². The Labute approximate surface area is 81.8 Å². The lowest BCUT2D eigenvalue weighted by Crippen LogP contribution is -2.30. The predicted octanol–water partition coefficient (Wildman–Crippen LogP) is 1.19. The second-order valence-electron chi connectivity index (χ2n) is 2.80. The molecular formula is C8H11NO3S. The van der Waals surface area contributed by atoms with E-state index in [-0.39, 0.29) is 5.91 Å². The highest BCUT2D eigenvalue weighted by Gasteiger charge is 2.29. The van der Waals surface area contributed by atoms with Gasteiger partial charge < -0.3 is 4.84 Å². The molecule has 0 aromatic heterocycles.